The first kappa shape index (κ1) is 20.2. The number of benzene rings is 1. The second kappa shape index (κ2) is 10.1. The third kappa shape index (κ3) is 6.28. The fourth-order valence-electron chi connectivity index (χ4n) is 2.43. The van der Waals surface area contributed by atoms with Crippen LogP contribution in [0.15, 0.2) is 24.3 Å². The minimum atomic E-state index is -0.704. The summed E-state index contributed by atoms with van der Waals surface area (Å²) in [5, 5.41) is 2.53. The number of carbonyl (C=O) groups excluding carboxylic acids is 4. The van der Waals surface area contributed by atoms with Crippen LogP contribution in [-0.4, -0.2) is 57.2 Å². The van der Waals surface area contributed by atoms with Crippen LogP contribution in [0.1, 0.15) is 19.3 Å². The van der Waals surface area contributed by atoms with Gasteiger partial charge in [0.05, 0.1) is 25.8 Å². The fourth-order valence-corrected chi connectivity index (χ4v) is 2.43. The molecule has 0 spiro atoms. The number of hydrogen-bond donors (Lipinski definition) is 1. The summed E-state index contributed by atoms with van der Waals surface area (Å²) in [5.41, 5.74) is 0.490. The molecule has 9 nitrogen and oxygen atoms in total. The van der Waals surface area contributed by atoms with Crippen LogP contribution < -0.4 is 15.0 Å². The molecule has 2 rings (SSSR count). The molecule has 0 saturated heterocycles. The van der Waals surface area contributed by atoms with Gasteiger partial charge in [-0.1, -0.05) is 12.1 Å². The largest absolute Gasteiger partial charge is 0.491 e. The van der Waals surface area contributed by atoms with E-state index >= 15 is 0 Å². The van der Waals surface area contributed by atoms with Crippen LogP contribution in [0.5, 0.6) is 5.75 Å². The standard InChI is InChI=1S/C18H22N2O7/c1-25-17(23)7-4-9-19-15(21)12-27-18(24)11-20-13-5-2-3-6-14(13)26-10-8-16(20)22/h2-3,5-6H,4,7-12H2,1H3,(H,19,21). The third-order valence-electron chi connectivity index (χ3n) is 3.79. The molecule has 1 aliphatic rings. The molecule has 0 saturated carbocycles. The van der Waals surface area contributed by atoms with Crippen molar-refractivity contribution < 1.29 is 33.4 Å². The number of nitrogens with zero attached hydrogens (tertiary/aromatic N) is 1. The Labute approximate surface area is 156 Å². The van der Waals surface area contributed by atoms with Crippen molar-refractivity contribution in [3.8, 4) is 5.75 Å². The summed E-state index contributed by atoms with van der Waals surface area (Å²) in [6.07, 6.45) is 0.753. The second-order valence-corrected chi connectivity index (χ2v) is 5.74. The summed E-state index contributed by atoms with van der Waals surface area (Å²) in [6.45, 7) is -0.276. The molecule has 0 aliphatic carbocycles. The molecule has 1 aromatic carbocycles. The Morgan fingerprint density at radius 1 is 1.22 bits per heavy atom. The molecular weight excluding hydrogens is 356 g/mol. The molecule has 0 radical (unpaired) electrons. The Morgan fingerprint density at radius 3 is 2.78 bits per heavy atom. The number of ether oxygens (including phenoxy) is 3. The predicted octanol–water partition coefficient (Wildman–Crippen LogP) is 0.415. The number of esters is 2. The Kier molecular flexibility index (Phi) is 7.60. The highest BCUT2D eigenvalue weighted by Crippen LogP contribution is 2.30. The van der Waals surface area contributed by atoms with Gasteiger partial charge >= 0.3 is 11.9 Å². The number of fused-ring (bicyclic) bond motifs is 1. The molecule has 1 heterocycles. The molecular formula is C18H22N2O7. The highest BCUT2D eigenvalue weighted by atomic mass is 16.5. The van der Waals surface area contributed by atoms with Crippen LogP contribution in [0, 0.1) is 0 Å². The summed E-state index contributed by atoms with van der Waals surface area (Å²) in [7, 11) is 1.29. The highest BCUT2D eigenvalue weighted by Gasteiger charge is 2.25. The van der Waals surface area contributed by atoms with Crippen molar-refractivity contribution in [1.82, 2.24) is 5.32 Å². The molecule has 0 atom stereocenters. The summed E-state index contributed by atoms with van der Waals surface area (Å²) in [6, 6.07) is 6.91. The number of nitrogens with one attached hydrogen (secondary N) is 1. The van der Waals surface area contributed by atoms with Gasteiger partial charge in [-0.3, -0.25) is 24.1 Å². The Hall–Kier alpha value is -3.10. The monoisotopic (exact) mass is 378 g/mol. The molecule has 1 aromatic rings. The molecule has 146 valence electrons. The van der Waals surface area contributed by atoms with Gasteiger partial charge in [0.25, 0.3) is 5.91 Å². The van der Waals surface area contributed by atoms with E-state index in [2.05, 4.69) is 10.1 Å². The first-order valence-corrected chi connectivity index (χ1v) is 8.52. The summed E-state index contributed by atoms with van der Waals surface area (Å²) < 4.78 is 14.9. The molecule has 2 amide bonds. The number of anilines is 1. The lowest BCUT2D eigenvalue weighted by molar-refractivity contribution is -0.147. The smallest absolute Gasteiger partial charge is 0.326 e. The number of hydrogen-bond acceptors (Lipinski definition) is 7. The molecule has 1 N–H and O–H groups in total. The van der Waals surface area contributed by atoms with Gasteiger partial charge in [-0.15, -0.1) is 0 Å². The minimum Gasteiger partial charge on any atom is -0.491 e. The summed E-state index contributed by atoms with van der Waals surface area (Å²) in [4.78, 5) is 48.2. The molecule has 0 fully saturated rings. The van der Waals surface area contributed by atoms with E-state index in [4.69, 9.17) is 9.47 Å². The van der Waals surface area contributed by atoms with E-state index in [1.165, 1.54) is 12.0 Å². The lowest BCUT2D eigenvalue weighted by atomic mass is 10.2. The van der Waals surface area contributed by atoms with E-state index in [0.717, 1.165) is 0 Å². The fraction of sp³-hybridized carbons (Fsp3) is 0.444. The lowest BCUT2D eigenvalue weighted by Gasteiger charge is -2.20. The maximum absolute atomic E-state index is 12.2. The van der Waals surface area contributed by atoms with Crippen LogP contribution in [0.3, 0.4) is 0 Å². The highest BCUT2D eigenvalue weighted by molar-refractivity contribution is 5.99. The van der Waals surface area contributed by atoms with Gasteiger partial charge in [-0.05, 0) is 18.6 Å². The SMILES string of the molecule is COC(=O)CCCNC(=O)COC(=O)CN1C(=O)CCOc2ccccc21. The van der Waals surface area contributed by atoms with Gasteiger partial charge in [0.2, 0.25) is 5.91 Å². The van der Waals surface area contributed by atoms with Crippen LogP contribution in [-0.2, 0) is 28.7 Å². The first-order chi connectivity index (χ1) is 13.0. The topological polar surface area (TPSA) is 111 Å². The van der Waals surface area contributed by atoms with E-state index < -0.39 is 18.5 Å². The van der Waals surface area contributed by atoms with E-state index in [0.29, 0.717) is 17.9 Å². The van der Waals surface area contributed by atoms with Gasteiger partial charge in [0, 0.05) is 13.0 Å². The van der Waals surface area contributed by atoms with Crippen molar-refractivity contribution in [3.63, 3.8) is 0 Å². The zero-order chi connectivity index (χ0) is 19.6. The number of para-hydroxylation sites is 2. The van der Waals surface area contributed by atoms with Gasteiger partial charge in [0.1, 0.15) is 12.3 Å². The van der Waals surface area contributed by atoms with Crippen molar-refractivity contribution in [2.45, 2.75) is 19.3 Å². The van der Waals surface area contributed by atoms with E-state index in [9.17, 15) is 19.2 Å². The number of amides is 2. The zero-order valence-electron chi connectivity index (χ0n) is 15.1. The van der Waals surface area contributed by atoms with Gasteiger partial charge in [-0.2, -0.15) is 0 Å². The van der Waals surface area contributed by atoms with E-state index in [1.807, 2.05) is 0 Å². The maximum atomic E-state index is 12.2. The van der Waals surface area contributed by atoms with Gasteiger partial charge in [-0.25, -0.2) is 0 Å². The second-order valence-electron chi connectivity index (χ2n) is 5.74. The Morgan fingerprint density at radius 2 is 2.00 bits per heavy atom. The van der Waals surface area contributed by atoms with Gasteiger partial charge < -0.3 is 19.5 Å². The Bertz CT molecular complexity index is 705. The van der Waals surface area contributed by atoms with Crippen LogP contribution in [0.25, 0.3) is 0 Å². The molecule has 9 heteroatoms. The zero-order valence-corrected chi connectivity index (χ0v) is 15.1. The number of carbonyl (C=O) groups is 4. The molecule has 0 unspecified atom stereocenters. The van der Waals surface area contributed by atoms with Crippen molar-refractivity contribution in [2.24, 2.45) is 0 Å². The number of methoxy groups -OCH3 is 1. The van der Waals surface area contributed by atoms with Crippen molar-refractivity contribution in [3.05, 3.63) is 24.3 Å². The van der Waals surface area contributed by atoms with Crippen LogP contribution in [0.2, 0.25) is 0 Å². The van der Waals surface area contributed by atoms with Crippen molar-refractivity contribution in [1.29, 1.82) is 0 Å². The minimum absolute atomic E-state index is 0.142. The normalized spacial score (nSPS) is 13.1. The van der Waals surface area contributed by atoms with Crippen molar-refractivity contribution in [2.75, 3.05) is 38.3 Å². The lowest BCUT2D eigenvalue weighted by Crippen LogP contribution is -2.37. The predicted molar refractivity (Wildman–Crippen MR) is 94.1 cm³/mol. The quantitative estimate of drug-likeness (QED) is 0.515. The molecule has 0 aromatic heterocycles. The summed E-state index contributed by atoms with van der Waals surface area (Å²) >= 11 is 0. The Balaban J connectivity index is 1.79. The molecule has 27 heavy (non-hydrogen) atoms. The van der Waals surface area contributed by atoms with E-state index in [1.54, 1.807) is 24.3 Å². The maximum Gasteiger partial charge on any atom is 0.326 e. The van der Waals surface area contributed by atoms with E-state index in [-0.39, 0.29) is 44.4 Å². The average molecular weight is 378 g/mol. The van der Waals surface area contributed by atoms with Crippen molar-refractivity contribution >= 4 is 29.4 Å². The summed E-state index contributed by atoms with van der Waals surface area (Å²) in [5.74, 6) is -1.30. The average Bonchev–Trinajstić information content (AvgIpc) is 2.82. The third-order valence-corrected chi connectivity index (χ3v) is 3.79. The van der Waals surface area contributed by atoms with Crippen LogP contribution >= 0.6 is 0 Å². The van der Waals surface area contributed by atoms with Crippen LogP contribution in [0.4, 0.5) is 5.69 Å². The first-order valence-electron chi connectivity index (χ1n) is 8.52. The van der Waals surface area contributed by atoms with Gasteiger partial charge in [0.15, 0.2) is 6.61 Å². The number of rotatable bonds is 8. The molecule has 1 aliphatic heterocycles. The molecule has 0 bridgehead atoms.